The van der Waals surface area contributed by atoms with Crippen LogP contribution in [0.5, 0.6) is 0 Å². The van der Waals surface area contributed by atoms with E-state index in [1.165, 1.54) is 18.6 Å². The van der Waals surface area contributed by atoms with Crippen molar-refractivity contribution in [2.45, 2.75) is 0 Å². The molecule has 0 saturated heterocycles. The molecule has 2 rings (SSSR count). The second-order valence-electron chi connectivity index (χ2n) is 3.28. The molecule has 0 amide bonds. The highest BCUT2D eigenvalue weighted by molar-refractivity contribution is 7.14. The van der Waals surface area contributed by atoms with Gasteiger partial charge in [-0.25, -0.2) is 18.6 Å². The van der Waals surface area contributed by atoms with Gasteiger partial charge >= 0.3 is 5.97 Å². The molecule has 0 saturated carbocycles. The summed E-state index contributed by atoms with van der Waals surface area (Å²) in [7, 11) is 1.25. The Labute approximate surface area is 105 Å². The Bertz CT molecular complexity index is 586. The Morgan fingerprint density at radius 2 is 2.17 bits per heavy atom. The largest absolute Gasteiger partial charge is 0.464 e. The van der Waals surface area contributed by atoms with Crippen LogP contribution in [0.3, 0.4) is 0 Å². The van der Waals surface area contributed by atoms with Gasteiger partial charge in [-0.1, -0.05) is 0 Å². The minimum Gasteiger partial charge on any atom is -0.464 e. The van der Waals surface area contributed by atoms with E-state index in [0.29, 0.717) is 10.8 Å². The number of hydrogen-bond donors (Lipinski definition) is 1. The van der Waals surface area contributed by atoms with Crippen LogP contribution >= 0.6 is 11.3 Å². The average molecular weight is 270 g/mol. The molecule has 4 nitrogen and oxygen atoms in total. The van der Waals surface area contributed by atoms with Crippen LogP contribution in [0.4, 0.5) is 19.6 Å². The van der Waals surface area contributed by atoms with Crippen molar-refractivity contribution in [1.82, 2.24) is 4.98 Å². The molecule has 1 aromatic heterocycles. The number of halogens is 2. The van der Waals surface area contributed by atoms with Crippen molar-refractivity contribution in [3.63, 3.8) is 0 Å². The van der Waals surface area contributed by atoms with Gasteiger partial charge in [0.1, 0.15) is 0 Å². The molecule has 0 bridgehead atoms. The summed E-state index contributed by atoms with van der Waals surface area (Å²) in [5, 5.41) is 4.66. The SMILES string of the molecule is COC(=O)c1csc(Nc2ccc(F)c(F)c2)n1. The third-order valence-corrected chi connectivity index (χ3v) is 2.83. The lowest BCUT2D eigenvalue weighted by Crippen LogP contribution is -2.01. The average Bonchev–Trinajstić information content (AvgIpc) is 2.81. The highest BCUT2D eigenvalue weighted by atomic mass is 32.1. The number of rotatable bonds is 3. The molecule has 0 atom stereocenters. The van der Waals surface area contributed by atoms with E-state index in [4.69, 9.17) is 0 Å². The third kappa shape index (κ3) is 2.62. The molecule has 0 aliphatic heterocycles. The number of carbonyl (C=O) groups is 1. The normalized spacial score (nSPS) is 10.2. The number of carbonyl (C=O) groups excluding carboxylic acids is 1. The summed E-state index contributed by atoms with van der Waals surface area (Å²) in [4.78, 5) is 15.1. The zero-order valence-electron chi connectivity index (χ0n) is 9.24. The Hall–Kier alpha value is -2.02. The first-order chi connectivity index (χ1) is 8.60. The van der Waals surface area contributed by atoms with Crippen LogP contribution in [0.25, 0.3) is 0 Å². The molecule has 1 heterocycles. The maximum absolute atomic E-state index is 13.0. The molecule has 18 heavy (non-hydrogen) atoms. The Kier molecular flexibility index (Phi) is 3.52. The number of benzene rings is 1. The Morgan fingerprint density at radius 3 is 2.83 bits per heavy atom. The summed E-state index contributed by atoms with van der Waals surface area (Å²) in [5.41, 5.74) is 0.507. The number of nitrogens with zero attached hydrogens (tertiary/aromatic N) is 1. The maximum atomic E-state index is 13.0. The second-order valence-corrected chi connectivity index (χ2v) is 4.14. The number of esters is 1. The van der Waals surface area contributed by atoms with E-state index in [0.717, 1.165) is 23.5 Å². The molecule has 2 aromatic rings. The molecule has 1 aromatic carbocycles. The van der Waals surface area contributed by atoms with E-state index in [-0.39, 0.29) is 5.69 Å². The van der Waals surface area contributed by atoms with Gasteiger partial charge in [-0.3, -0.25) is 0 Å². The van der Waals surface area contributed by atoms with Gasteiger partial charge in [0.15, 0.2) is 22.5 Å². The minimum atomic E-state index is -0.954. The molecule has 94 valence electrons. The lowest BCUT2D eigenvalue weighted by atomic mass is 10.3. The van der Waals surface area contributed by atoms with Crippen molar-refractivity contribution in [2.75, 3.05) is 12.4 Å². The first-order valence-electron chi connectivity index (χ1n) is 4.86. The fourth-order valence-corrected chi connectivity index (χ4v) is 1.93. The van der Waals surface area contributed by atoms with Gasteiger partial charge in [0.25, 0.3) is 0 Å². The molecule has 1 N–H and O–H groups in total. The van der Waals surface area contributed by atoms with Gasteiger partial charge in [-0.05, 0) is 12.1 Å². The van der Waals surface area contributed by atoms with E-state index < -0.39 is 17.6 Å². The summed E-state index contributed by atoms with van der Waals surface area (Å²) < 4.78 is 30.2. The number of thiazole rings is 1. The predicted octanol–water partition coefficient (Wildman–Crippen LogP) is 2.95. The van der Waals surface area contributed by atoms with Gasteiger partial charge in [0.2, 0.25) is 0 Å². The fraction of sp³-hybridized carbons (Fsp3) is 0.0909. The van der Waals surface area contributed by atoms with Crippen molar-refractivity contribution in [2.24, 2.45) is 0 Å². The highest BCUT2D eigenvalue weighted by Gasteiger charge is 2.11. The first-order valence-corrected chi connectivity index (χ1v) is 5.74. The summed E-state index contributed by atoms with van der Waals surface area (Å²) >= 11 is 1.16. The van der Waals surface area contributed by atoms with Crippen LogP contribution < -0.4 is 5.32 Å². The number of anilines is 2. The summed E-state index contributed by atoms with van der Waals surface area (Å²) in [6.07, 6.45) is 0. The fourth-order valence-electron chi connectivity index (χ4n) is 1.23. The van der Waals surface area contributed by atoms with Gasteiger partial charge in [0, 0.05) is 17.1 Å². The van der Waals surface area contributed by atoms with Gasteiger partial charge < -0.3 is 10.1 Å². The van der Waals surface area contributed by atoms with E-state index >= 15 is 0 Å². The Morgan fingerprint density at radius 1 is 1.39 bits per heavy atom. The van der Waals surface area contributed by atoms with E-state index in [2.05, 4.69) is 15.0 Å². The van der Waals surface area contributed by atoms with Crippen molar-refractivity contribution < 1.29 is 18.3 Å². The number of ether oxygens (including phenoxy) is 1. The van der Waals surface area contributed by atoms with E-state index in [9.17, 15) is 13.6 Å². The van der Waals surface area contributed by atoms with Crippen LogP contribution in [-0.2, 0) is 4.74 Å². The highest BCUT2D eigenvalue weighted by Crippen LogP contribution is 2.22. The van der Waals surface area contributed by atoms with Crippen molar-refractivity contribution in [3.05, 3.63) is 40.9 Å². The van der Waals surface area contributed by atoms with Crippen LogP contribution in [0.15, 0.2) is 23.6 Å². The second kappa shape index (κ2) is 5.09. The van der Waals surface area contributed by atoms with Crippen LogP contribution in [0.2, 0.25) is 0 Å². The van der Waals surface area contributed by atoms with Gasteiger partial charge in [0.05, 0.1) is 7.11 Å². The lowest BCUT2D eigenvalue weighted by Gasteiger charge is -2.02. The van der Waals surface area contributed by atoms with Crippen molar-refractivity contribution >= 4 is 28.1 Å². The molecule has 0 aliphatic carbocycles. The molecule has 0 spiro atoms. The Balaban J connectivity index is 2.16. The molecule has 7 heteroatoms. The topological polar surface area (TPSA) is 51.2 Å². The van der Waals surface area contributed by atoms with E-state index in [1.807, 2.05) is 0 Å². The zero-order chi connectivity index (χ0) is 13.1. The molecule has 0 unspecified atom stereocenters. The third-order valence-electron chi connectivity index (χ3n) is 2.07. The molecule has 0 fully saturated rings. The van der Waals surface area contributed by atoms with Crippen LogP contribution in [-0.4, -0.2) is 18.1 Å². The van der Waals surface area contributed by atoms with Crippen LogP contribution in [0, 0.1) is 11.6 Å². The van der Waals surface area contributed by atoms with Gasteiger partial charge in [-0.2, -0.15) is 0 Å². The molecular weight excluding hydrogens is 262 g/mol. The summed E-state index contributed by atoms with van der Waals surface area (Å²) in [5.74, 6) is -2.43. The maximum Gasteiger partial charge on any atom is 0.357 e. The predicted molar refractivity (Wildman–Crippen MR) is 63.1 cm³/mol. The monoisotopic (exact) mass is 270 g/mol. The standard InChI is InChI=1S/C11H8F2N2O2S/c1-17-10(16)9-5-18-11(15-9)14-6-2-3-7(12)8(13)4-6/h2-5H,1H3,(H,14,15). The minimum absolute atomic E-state index is 0.160. The lowest BCUT2D eigenvalue weighted by molar-refractivity contribution is 0.0595. The van der Waals surface area contributed by atoms with Crippen LogP contribution in [0.1, 0.15) is 10.5 Å². The number of methoxy groups -OCH3 is 1. The summed E-state index contributed by atoms with van der Waals surface area (Å²) in [6, 6.07) is 3.39. The van der Waals surface area contributed by atoms with Gasteiger partial charge in [-0.15, -0.1) is 11.3 Å². The first kappa shape index (κ1) is 12.4. The smallest absolute Gasteiger partial charge is 0.357 e. The summed E-state index contributed by atoms with van der Waals surface area (Å²) in [6.45, 7) is 0. The quantitative estimate of drug-likeness (QED) is 0.871. The van der Waals surface area contributed by atoms with E-state index in [1.54, 1.807) is 0 Å². The number of nitrogens with one attached hydrogen (secondary N) is 1. The molecule has 0 aliphatic rings. The number of hydrogen-bond acceptors (Lipinski definition) is 5. The zero-order valence-corrected chi connectivity index (χ0v) is 10.1. The molecular formula is C11H8F2N2O2S. The van der Waals surface area contributed by atoms with Crippen molar-refractivity contribution in [1.29, 1.82) is 0 Å². The van der Waals surface area contributed by atoms with Crippen molar-refractivity contribution in [3.8, 4) is 0 Å². The molecule has 0 radical (unpaired) electrons. The number of aromatic nitrogens is 1.